The lowest BCUT2D eigenvalue weighted by Gasteiger charge is -2.19. The third-order valence-electron chi connectivity index (χ3n) is 1.07. The average Bonchev–Trinajstić information content (AvgIpc) is 2.09. The molecule has 0 fully saturated rings. The van der Waals surface area contributed by atoms with Gasteiger partial charge in [-0.05, 0) is 13.8 Å². The molecule has 0 aliphatic heterocycles. The predicted octanol–water partition coefficient (Wildman–Crippen LogP) is -0.287. The Balaban J connectivity index is 3.60. The molecule has 0 rings (SSSR count). The molecule has 0 spiro atoms. The largest absolute Gasteiger partial charge is 0.394 e. The Labute approximate surface area is 78.2 Å². The van der Waals surface area contributed by atoms with Gasteiger partial charge in [0.15, 0.2) is 0 Å². The van der Waals surface area contributed by atoms with Crippen molar-refractivity contribution in [1.29, 1.82) is 0 Å². The van der Waals surface area contributed by atoms with Crippen LogP contribution in [0.2, 0.25) is 0 Å². The molecule has 0 aromatic rings. The topological polar surface area (TPSA) is 68.2 Å². The fourth-order valence-corrected chi connectivity index (χ4v) is 0.647. The fraction of sp³-hybridized carbons (Fsp3) is 1.00. The van der Waals surface area contributed by atoms with Crippen LogP contribution in [0.1, 0.15) is 13.8 Å². The van der Waals surface area contributed by atoms with Gasteiger partial charge in [0, 0.05) is 0 Å². The van der Waals surface area contributed by atoms with Crippen LogP contribution in [-0.2, 0) is 14.2 Å². The first-order chi connectivity index (χ1) is 6.20. The summed E-state index contributed by atoms with van der Waals surface area (Å²) in [5.74, 6) is 0. The lowest BCUT2D eigenvalue weighted by molar-refractivity contribution is -0.303. The van der Waals surface area contributed by atoms with Crippen LogP contribution in [-0.4, -0.2) is 49.2 Å². The first kappa shape index (κ1) is 12.8. The van der Waals surface area contributed by atoms with Crippen LogP contribution >= 0.6 is 0 Å². The monoisotopic (exact) mass is 194 g/mol. The molecule has 0 aliphatic carbocycles. The number of hydrogen-bond donors (Lipinski definition) is 2. The van der Waals surface area contributed by atoms with Crippen LogP contribution in [0.4, 0.5) is 0 Å². The van der Waals surface area contributed by atoms with Gasteiger partial charge in [0.25, 0.3) is 6.48 Å². The van der Waals surface area contributed by atoms with Gasteiger partial charge in [-0.1, -0.05) is 0 Å². The SMILES string of the molecule is CC(C)OC(OCCO)OCCO. The highest BCUT2D eigenvalue weighted by Gasteiger charge is 2.10. The molecule has 0 aliphatic rings. The predicted molar refractivity (Wildman–Crippen MR) is 46.1 cm³/mol. The van der Waals surface area contributed by atoms with Crippen molar-refractivity contribution in [2.24, 2.45) is 0 Å². The molecule has 0 amide bonds. The summed E-state index contributed by atoms with van der Waals surface area (Å²) in [6.45, 7) is 3.03. The van der Waals surface area contributed by atoms with Crippen molar-refractivity contribution in [2.45, 2.75) is 26.4 Å². The third-order valence-corrected chi connectivity index (χ3v) is 1.07. The summed E-state index contributed by atoms with van der Waals surface area (Å²) in [5, 5.41) is 17.0. The number of aliphatic hydroxyl groups excluding tert-OH is 2. The molecule has 0 saturated heterocycles. The van der Waals surface area contributed by atoms with E-state index in [0.29, 0.717) is 0 Å². The second kappa shape index (κ2) is 8.40. The van der Waals surface area contributed by atoms with Crippen molar-refractivity contribution in [3.05, 3.63) is 0 Å². The molecular formula is C8H18O5. The van der Waals surface area contributed by atoms with Gasteiger partial charge in [0.2, 0.25) is 0 Å². The van der Waals surface area contributed by atoms with E-state index < -0.39 is 6.48 Å². The summed E-state index contributed by atoms with van der Waals surface area (Å²) in [5.41, 5.74) is 0. The number of aliphatic hydroxyl groups is 2. The Hall–Kier alpha value is -0.200. The van der Waals surface area contributed by atoms with E-state index in [1.807, 2.05) is 13.8 Å². The van der Waals surface area contributed by atoms with Crippen molar-refractivity contribution in [3.63, 3.8) is 0 Å². The van der Waals surface area contributed by atoms with Gasteiger partial charge in [-0.25, -0.2) is 0 Å². The van der Waals surface area contributed by atoms with Gasteiger partial charge in [-0.15, -0.1) is 0 Å². The van der Waals surface area contributed by atoms with E-state index in [1.165, 1.54) is 0 Å². The van der Waals surface area contributed by atoms with Crippen molar-refractivity contribution >= 4 is 0 Å². The van der Waals surface area contributed by atoms with E-state index in [9.17, 15) is 0 Å². The van der Waals surface area contributed by atoms with Crippen LogP contribution in [0.5, 0.6) is 0 Å². The smallest absolute Gasteiger partial charge is 0.272 e. The molecule has 5 nitrogen and oxygen atoms in total. The summed E-state index contributed by atoms with van der Waals surface area (Å²) in [6, 6.07) is 0. The Bertz CT molecular complexity index is 98.7. The maximum atomic E-state index is 8.49. The average molecular weight is 194 g/mol. The lowest BCUT2D eigenvalue weighted by Crippen LogP contribution is -2.26. The van der Waals surface area contributed by atoms with E-state index >= 15 is 0 Å². The van der Waals surface area contributed by atoms with E-state index in [2.05, 4.69) is 0 Å². The zero-order valence-corrected chi connectivity index (χ0v) is 8.10. The van der Waals surface area contributed by atoms with Crippen LogP contribution in [0.3, 0.4) is 0 Å². The minimum absolute atomic E-state index is 0.0256. The second-order valence-corrected chi connectivity index (χ2v) is 2.66. The molecule has 0 aromatic heterocycles. The zero-order valence-electron chi connectivity index (χ0n) is 8.10. The molecule has 0 heterocycles. The van der Waals surface area contributed by atoms with Gasteiger partial charge in [0.1, 0.15) is 0 Å². The molecule has 0 bridgehead atoms. The normalized spacial score (nSPS) is 11.5. The molecule has 0 atom stereocenters. The summed E-state index contributed by atoms with van der Waals surface area (Å²) < 4.78 is 15.2. The molecule has 0 aromatic carbocycles. The van der Waals surface area contributed by atoms with Crippen LogP contribution in [0.15, 0.2) is 0 Å². The Morgan fingerprint density at radius 1 is 1.00 bits per heavy atom. The third kappa shape index (κ3) is 8.14. The molecule has 2 N–H and O–H groups in total. The summed E-state index contributed by atoms with van der Waals surface area (Å²) in [4.78, 5) is 0. The number of ether oxygens (including phenoxy) is 3. The summed E-state index contributed by atoms with van der Waals surface area (Å²) in [6.07, 6.45) is -0.0256. The minimum atomic E-state index is -0.806. The maximum Gasteiger partial charge on any atom is 0.272 e. The fourth-order valence-electron chi connectivity index (χ4n) is 0.647. The summed E-state index contributed by atoms with van der Waals surface area (Å²) >= 11 is 0. The zero-order chi connectivity index (χ0) is 10.1. The first-order valence-electron chi connectivity index (χ1n) is 4.31. The van der Waals surface area contributed by atoms with E-state index in [-0.39, 0.29) is 32.5 Å². The Morgan fingerprint density at radius 3 is 1.77 bits per heavy atom. The Kier molecular flexibility index (Phi) is 8.27. The van der Waals surface area contributed by atoms with Gasteiger partial charge < -0.3 is 24.4 Å². The molecule has 80 valence electrons. The van der Waals surface area contributed by atoms with Crippen molar-refractivity contribution in [1.82, 2.24) is 0 Å². The molecule has 0 radical (unpaired) electrons. The second-order valence-electron chi connectivity index (χ2n) is 2.66. The highest BCUT2D eigenvalue weighted by Crippen LogP contribution is 2.01. The lowest BCUT2D eigenvalue weighted by atomic mass is 10.5. The Morgan fingerprint density at radius 2 is 1.46 bits per heavy atom. The maximum absolute atomic E-state index is 8.49. The number of rotatable bonds is 8. The van der Waals surface area contributed by atoms with Crippen molar-refractivity contribution < 1.29 is 24.4 Å². The summed E-state index contributed by atoms with van der Waals surface area (Å²) in [7, 11) is 0. The molecule has 0 unspecified atom stereocenters. The van der Waals surface area contributed by atoms with E-state index in [4.69, 9.17) is 24.4 Å². The highest BCUT2D eigenvalue weighted by atomic mass is 16.8. The van der Waals surface area contributed by atoms with Crippen LogP contribution in [0.25, 0.3) is 0 Å². The standard InChI is InChI=1S/C8H18O5/c1-7(2)13-8(11-5-3-9)12-6-4-10/h7-10H,3-6H2,1-2H3. The van der Waals surface area contributed by atoms with Crippen molar-refractivity contribution in [2.75, 3.05) is 26.4 Å². The van der Waals surface area contributed by atoms with E-state index in [0.717, 1.165) is 0 Å². The van der Waals surface area contributed by atoms with Crippen LogP contribution < -0.4 is 0 Å². The first-order valence-corrected chi connectivity index (χ1v) is 4.31. The molecule has 5 heteroatoms. The van der Waals surface area contributed by atoms with E-state index in [1.54, 1.807) is 0 Å². The van der Waals surface area contributed by atoms with Gasteiger partial charge in [-0.3, -0.25) is 0 Å². The highest BCUT2D eigenvalue weighted by molar-refractivity contribution is 4.37. The van der Waals surface area contributed by atoms with Gasteiger partial charge in [-0.2, -0.15) is 0 Å². The molecule has 13 heavy (non-hydrogen) atoms. The van der Waals surface area contributed by atoms with Crippen LogP contribution in [0, 0.1) is 0 Å². The minimum Gasteiger partial charge on any atom is -0.394 e. The number of hydrogen-bond acceptors (Lipinski definition) is 5. The van der Waals surface area contributed by atoms with Crippen molar-refractivity contribution in [3.8, 4) is 0 Å². The quantitative estimate of drug-likeness (QED) is 0.520. The molecule has 0 saturated carbocycles. The molecular weight excluding hydrogens is 176 g/mol. The van der Waals surface area contributed by atoms with Gasteiger partial charge in [0.05, 0.1) is 32.5 Å². The van der Waals surface area contributed by atoms with Gasteiger partial charge >= 0.3 is 0 Å².